The molecule has 3 heterocycles. The molecule has 1 atom stereocenters. The summed E-state index contributed by atoms with van der Waals surface area (Å²) in [5, 5.41) is 7.42. The van der Waals surface area contributed by atoms with Crippen LogP contribution in [0.3, 0.4) is 0 Å². The Balaban J connectivity index is 1.64. The maximum Gasteiger partial charge on any atom is 0.323 e. The Morgan fingerprint density at radius 2 is 2.24 bits per heavy atom. The summed E-state index contributed by atoms with van der Waals surface area (Å²) in [7, 11) is 1.81. The van der Waals surface area contributed by atoms with Crippen molar-refractivity contribution in [2.75, 3.05) is 44.7 Å². The second kappa shape index (κ2) is 7.86. The normalized spacial score (nSPS) is 22.0. The number of likely N-dealkylation sites (N-methyl/N-ethyl adjacent to an activating group) is 1. The van der Waals surface area contributed by atoms with Gasteiger partial charge >= 0.3 is 6.03 Å². The molecule has 2 aliphatic rings. The molecule has 8 heteroatoms. The number of anilines is 1. The first kappa shape index (κ1) is 17.7. The first-order valence-electron chi connectivity index (χ1n) is 9.04. The van der Waals surface area contributed by atoms with Crippen molar-refractivity contribution in [1.29, 1.82) is 0 Å². The van der Waals surface area contributed by atoms with Crippen molar-refractivity contribution in [1.82, 2.24) is 19.6 Å². The summed E-state index contributed by atoms with van der Waals surface area (Å²) in [5.74, 6) is 0.929. The number of hydrogen-bond donors (Lipinski definition) is 1. The van der Waals surface area contributed by atoms with Crippen LogP contribution in [0.2, 0.25) is 0 Å². The van der Waals surface area contributed by atoms with E-state index in [0.29, 0.717) is 32.1 Å². The van der Waals surface area contributed by atoms with E-state index < -0.39 is 0 Å². The Hall–Kier alpha value is -2.09. The average molecular weight is 349 g/mol. The first-order valence-corrected chi connectivity index (χ1v) is 9.04. The molecule has 0 unspecified atom stereocenters. The second-order valence-corrected chi connectivity index (χ2v) is 6.67. The van der Waals surface area contributed by atoms with Crippen LogP contribution in [0.4, 0.5) is 10.6 Å². The van der Waals surface area contributed by atoms with E-state index in [1.165, 1.54) is 0 Å². The number of rotatable bonds is 3. The zero-order chi connectivity index (χ0) is 17.8. The highest BCUT2D eigenvalue weighted by atomic mass is 16.5. The summed E-state index contributed by atoms with van der Waals surface area (Å²) in [6.07, 6.45) is 2.88. The minimum Gasteiger partial charge on any atom is -0.381 e. The molecule has 0 aliphatic carbocycles. The van der Waals surface area contributed by atoms with E-state index in [1.807, 2.05) is 20.0 Å². The van der Waals surface area contributed by atoms with Crippen LogP contribution in [-0.4, -0.2) is 70.9 Å². The van der Waals surface area contributed by atoms with E-state index >= 15 is 0 Å². The highest BCUT2D eigenvalue weighted by Gasteiger charge is 2.25. The van der Waals surface area contributed by atoms with Crippen molar-refractivity contribution >= 4 is 17.8 Å². The van der Waals surface area contributed by atoms with Crippen molar-refractivity contribution in [3.8, 4) is 0 Å². The number of amides is 3. The fraction of sp³-hybridized carbons (Fsp3) is 0.706. The topological polar surface area (TPSA) is 79.7 Å². The molecule has 3 rings (SSSR count). The zero-order valence-corrected chi connectivity index (χ0v) is 15.0. The lowest BCUT2D eigenvalue weighted by atomic mass is 9.99. The molecule has 25 heavy (non-hydrogen) atoms. The zero-order valence-electron chi connectivity index (χ0n) is 15.0. The lowest BCUT2D eigenvalue weighted by Crippen LogP contribution is -2.41. The third kappa shape index (κ3) is 4.12. The number of nitrogens with zero attached hydrogens (tertiary/aromatic N) is 4. The Bertz CT molecular complexity index is 624. The van der Waals surface area contributed by atoms with E-state index in [9.17, 15) is 9.59 Å². The molecule has 0 radical (unpaired) electrons. The number of aromatic nitrogens is 2. The molecule has 1 N–H and O–H groups in total. The largest absolute Gasteiger partial charge is 0.381 e. The van der Waals surface area contributed by atoms with E-state index in [4.69, 9.17) is 4.74 Å². The number of ether oxygens (including phenoxy) is 1. The molecule has 2 fully saturated rings. The number of carbonyl (C=O) groups is 2. The van der Waals surface area contributed by atoms with Gasteiger partial charge in [0.15, 0.2) is 0 Å². The van der Waals surface area contributed by atoms with Crippen LogP contribution in [0.1, 0.15) is 37.8 Å². The molecule has 3 amide bonds. The van der Waals surface area contributed by atoms with Gasteiger partial charge in [-0.15, -0.1) is 0 Å². The van der Waals surface area contributed by atoms with Gasteiger partial charge in [0, 0.05) is 45.3 Å². The molecular weight excluding hydrogens is 322 g/mol. The van der Waals surface area contributed by atoms with Gasteiger partial charge in [0.1, 0.15) is 12.4 Å². The quantitative estimate of drug-likeness (QED) is 0.894. The second-order valence-electron chi connectivity index (χ2n) is 6.67. The highest BCUT2D eigenvalue weighted by molar-refractivity contribution is 5.92. The number of nitrogens with one attached hydrogen (secondary N) is 1. The summed E-state index contributed by atoms with van der Waals surface area (Å²) < 4.78 is 7.20. The third-order valence-electron chi connectivity index (χ3n) is 4.92. The number of hydrogen-bond acceptors (Lipinski definition) is 4. The van der Waals surface area contributed by atoms with Crippen LogP contribution < -0.4 is 5.32 Å². The predicted molar refractivity (Wildman–Crippen MR) is 93.5 cm³/mol. The van der Waals surface area contributed by atoms with E-state index in [-0.39, 0.29) is 24.4 Å². The molecule has 8 nitrogen and oxygen atoms in total. The molecule has 138 valence electrons. The molecule has 0 saturated carbocycles. The predicted octanol–water partition coefficient (Wildman–Crippen LogP) is 1.40. The average Bonchev–Trinajstić information content (AvgIpc) is 2.87. The summed E-state index contributed by atoms with van der Waals surface area (Å²) >= 11 is 0. The lowest BCUT2D eigenvalue weighted by molar-refractivity contribution is -0.130. The summed E-state index contributed by atoms with van der Waals surface area (Å²) in [6.45, 7) is 5.54. The fourth-order valence-electron chi connectivity index (χ4n) is 3.40. The van der Waals surface area contributed by atoms with E-state index in [2.05, 4.69) is 10.4 Å². The first-order chi connectivity index (χ1) is 12.1. The molecular formula is C17H27N5O3. The Morgan fingerprint density at radius 3 is 2.96 bits per heavy atom. The van der Waals surface area contributed by atoms with E-state index in [1.54, 1.807) is 14.5 Å². The van der Waals surface area contributed by atoms with Crippen molar-refractivity contribution in [3.63, 3.8) is 0 Å². The van der Waals surface area contributed by atoms with Gasteiger partial charge in [-0.2, -0.15) is 5.10 Å². The van der Waals surface area contributed by atoms with Gasteiger partial charge in [-0.1, -0.05) is 0 Å². The summed E-state index contributed by atoms with van der Waals surface area (Å²) in [4.78, 5) is 28.1. The Morgan fingerprint density at radius 1 is 1.40 bits per heavy atom. The SMILES string of the molecule is CCN1CCCN(C(=O)Nc2cc([C@H]3CCCOC3)nn2C)CC1=O. The van der Waals surface area contributed by atoms with Crippen LogP contribution in [-0.2, 0) is 16.6 Å². The van der Waals surface area contributed by atoms with Crippen molar-refractivity contribution in [2.24, 2.45) is 7.05 Å². The van der Waals surface area contributed by atoms with E-state index in [0.717, 1.165) is 31.6 Å². The van der Waals surface area contributed by atoms with Crippen LogP contribution in [0.15, 0.2) is 6.07 Å². The van der Waals surface area contributed by atoms with Crippen LogP contribution in [0, 0.1) is 0 Å². The number of urea groups is 1. The van der Waals surface area contributed by atoms with Gasteiger partial charge in [-0.3, -0.25) is 14.8 Å². The van der Waals surface area contributed by atoms with Gasteiger partial charge in [0.2, 0.25) is 5.91 Å². The molecule has 2 saturated heterocycles. The van der Waals surface area contributed by atoms with Gasteiger partial charge in [0.25, 0.3) is 0 Å². The van der Waals surface area contributed by atoms with Gasteiger partial charge in [-0.25, -0.2) is 4.79 Å². The fourth-order valence-corrected chi connectivity index (χ4v) is 3.40. The summed E-state index contributed by atoms with van der Waals surface area (Å²) in [6, 6.07) is 1.66. The molecule has 0 aromatic carbocycles. The summed E-state index contributed by atoms with van der Waals surface area (Å²) in [5.41, 5.74) is 0.946. The molecule has 2 aliphatic heterocycles. The Labute approximate surface area is 148 Å². The molecule has 1 aromatic rings. The van der Waals surface area contributed by atoms with Crippen LogP contribution in [0.5, 0.6) is 0 Å². The smallest absolute Gasteiger partial charge is 0.323 e. The minimum atomic E-state index is -0.249. The highest BCUT2D eigenvalue weighted by Crippen LogP contribution is 2.26. The van der Waals surface area contributed by atoms with Gasteiger partial charge in [-0.05, 0) is 26.2 Å². The van der Waals surface area contributed by atoms with Crippen molar-refractivity contribution in [2.45, 2.75) is 32.1 Å². The minimum absolute atomic E-state index is 0.000185. The molecule has 0 bridgehead atoms. The standard InChI is InChI=1S/C17H27N5O3/c1-3-21-7-5-8-22(11-16(21)23)17(24)18-15-10-14(19-20(15)2)13-6-4-9-25-12-13/h10,13H,3-9,11-12H2,1-2H3,(H,18,24)/t13-/m0/s1. The number of aryl methyl sites for hydroxylation is 1. The van der Waals surface area contributed by atoms with Gasteiger partial charge < -0.3 is 14.5 Å². The monoisotopic (exact) mass is 349 g/mol. The third-order valence-corrected chi connectivity index (χ3v) is 4.92. The van der Waals surface area contributed by atoms with Crippen LogP contribution >= 0.6 is 0 Å². The maximum absolute atomic E-state index is 12.6. The number of carbonyl (C=O) groups excluding carboxylic acids is 2. The Kier molecular flexibility index (Phi) is 5.57. The molecule has 0 spiro atoms. The van der Waals surface area contributed by atoms with Gasteiger partial charge in [0.05, 0.1) is 12.3 Å². The van der Waals surface area contributed by atoms with Crippen molar-refractivity contribution < 1.29 is 14.3 Å². The lowest BCUT2D eigenvalue weighted by Gasteiger charge is -2.21. The van der Waals surface area contributed by atoms with Crippen molar-refractivity contribution in [3.05, 3.63) is 11.8 Å². The maximum atomic E-state index is 12.6. The van der Waals surface area contributed by atoms with Crippen LogP contribution in [0.25, 0.3) is 0 Å². The molecule has 1 aromatic heterocycles.